The molecule has 0 spiro atoms. The monoisotopic (exact) mass is 269 g/mol. The summed E-state index contributed by atoms with van der Waals surface area (Å²) in [5, 5.41) is 3.44. The fourth-order valence-electron chi connectivity index (χ4n) is 1.66. The lowest BCUT2D eigenvalue weighted by Gasteiger charge is -2.11. The van der Waals surface area contributed by atoms with E-state index in [1.165, 1.54) is 23.5 Å². The third-order valence-corrected chi connectivity index (χ3v) is 3.64. The summed E-state index contributed by atoms with van der Waals surface area (Å²) in [6.45, 7) is 4.08. The van der Waals surface area contributed by atoms with Crippen molar-refractivity contribution in [2.75, 3.05) is 32.3 Å². The SMILES string of the molecule is CCSCCCNCc1ccc(OC)cc1OC. The van der Waals surface area contributed by atoms with Crippen LogP contribution in [-0.4, -0.2) is 32.3 Å². The van der Waals surface area contributed by atoms with Gasteiger partial charge in [0.25, 0.3) is 0 Å². The first-order valence-electron chi connectivity index (χ1n) is 6.31. The van der Waals surface area contributed by atoms with E-state index in [9.17, 15) is 0 Å². The van der Waals surface area contributed by atoms with Crippen LogP contribution in [0.15, 0.2) is 18.2 Å². The van der Waals surface area contributed by atoms with Crippen molar-refractivity contribution in [1.82, 2.24) is 5.32 Å². The smallest absolute Gasteiger partial charge is 0.127 e. The molecule has 0 fully saturated rings. The van der Waals surface area contributed by atoms with Crippen LogP contribution >= 0.6 is 11.8 Å². The molecule has 0 heterocycles. The van der Waals surface area contributed by atoms with Crippen molar-refractivity contribution in [3.63, 3.8) is 0 Å². The topological polar surface area (TPSA) is 30.5 Å². The van der Waals surface area contributed by atoms with Crippen LogP contribution in [0.25, 0.3) is 0 Å². The highest BCUT2D eigenvalue weighted by atomic mass is 32.2. The lowest BCUT2D eigenvalue weighted by Crippen LogP contribution is -2.15. The molecule has 0 aromatic heterocycles. The predicted molar refractivity (Wildman–Crippen MR) is 78.9 cm³/mol. The Labute approximate surface area is 114 Å². The second-order valence-corrected chi connectivity index (χ2v) is 5.30. The molecule has 0 bridgehead atoms. The van der Waals surface area contributed by atoms with Crippen molar-refractivity contribution >= 4 is 11.8 Å². The normalized spacial score (nSPS) is 10.4. The molecule has 0 radical (unpaired) electrons. The molecule has 102 valence electrons. The Kier molecular flexibility index (Phi) is 7.69. The van der Waals surface area contributed by atoms with Crippen molar-refractivity contribution in [2.45, 2.75) is 19.9 Å². The zero-order chi connectivity index (χ0) is 13.2. The van der Waals surface area contributed by atoms with Crippen molar-refractivity contribution in [3.05, 3.63) is 23.8 Å². The van der Waals surface area contributed by atoms with Gasteiger partial charge in [-0.3, -0.25) is 0 Å². The molecule has 3 nitrogen and oxygen atoms in total. The molecule has 0 aliphatic carbocycles. The number of rotatable bonds is 9. The van der Waals surface area contributed by atoms with Gasteiger partial charge in [-0.15, -0.1) is 0 Å². The number of methoxy groups -OCH3 is 2. The molecule has 0 atom stereocenters. The Morgan fingerprint density at radius 2 is 2.06 bits per heavy atom. The van der Waals surface area contributed by atoms with E-state index in [2.05, 4.69) is 12.2 Å². The highest BCUT2D eigenvalue weighted by molar-refractivity contribution is 7.99. The van der Waals surface area contributed by atoms with Crippen LogP contribution in [0, 0.1) is 0 Å². The summed E-state index contributed by atoms with van der Waals surface area (Å²) < 4.78 is 10.5. The molecular formula is C14H23NO2S. The summed E-state index contributed by atoms with van der Waals surface area (Å²) in [4.78, 5) is 0. The molecule has 1 N–H and O–H groups in total. The van der Waals surface area contributed by atoms with Crippen molar-refractivity contribution in [3.8, 4) is 11.5 Å². The Hall–Kier alpha value is -0.870. The first-order valence-corrected chi connectivity index (χ1v) is 7.46. The van der Waals surface area contributed by atoms with E-state index in [4.69, 9.17) is 9.47 Å². The van der Waals surface area contributed by atoms with Gasteiger partial charge < -0.3 is 14.8 Å². The van der Waals surface area contributed by atoms with Crippen LogP contribution in [0.5, 0.6) is 11.5 Å². The average molecular weight is 269 g/mol. The highest BCUT2D eigenvalue weighted by Crippen LogP contribution is 2.24. The second-order valence-electron chi connectivity index (χ2n) is 3.91. The van der Waals surface area contributed by atoms with Gasteiger partial charge in [0.05, 0.1) is 14.2 Å². The number of hydrogen-bond acceptors (Lipinski definition) is 4. The third kappa shape index (κ3) is 5.19. The second kappa shape index (κ2) is 9.11. The summed E-state index contributed by atoms with van der Waals surface area (Å²) in [6.07, 6.45) is 1.21. The van der Waals surface area contributed by atoms with Crippen LogP contribution in [0.4, 0.5) is 0 Å². The van der Waals surface area contributed by atoms with E-state index < -0.39 is 0 Å². The minimum atomic E-state index is 0.829. The maximum absolute atomic E-state index is 5.36. The standard InChI is InChI=1S/C14H23NO2S/c1-4-18-9-5-8-15-11-12-6-7-13(16-2)10-14(12)17-3/h6-7,10,15H,4-5,8-9,11H2,1-3H3. The maximum atomic E-state index is 5.36. The predicted octanol–water partition coefficient (Wildman–Crippen LogP) is 2.94. The molecule has 0 saturated carbocycles. The molecule has 4 heteroatoms. The molecule has 0 unspecified atom stereocenters. The van der Waals surface area contributed by atoms with E-state index in [1.54, 1.807) is 14.2 Å². The van der Waals surface area contributed by atoms with Gasteiger partial charge in [-0.1, -0.05) is 13.0 Å². The van der Waals surface area contributed by atoms with Gasteiger partial charge in [-0.25, -0.2) is 0 Å². The van der Waals surface area contributed by atoms with Gasteiger partial charge in [0, 0.05) is 18.2 Å². The van der Waals surface area contributed by atoms with E-state index in [0.29, 0.717) is 0 Å². The minimum Gasteiger partial charge on any atom is -0.497 e. The minimum absolute atomic E-state index is 0.829. The van der Waals surface area contributed by atoms with Gasteiger partial charge in [-0.05, 0) is 30.5 Å². The fourth-order valence-corrected chi connectivity index (χ4v) is 2.30. The summed E-state index contributed by atoms with van der Waals surface area (Å²) in [5.74, 6) is 4.13. The molecule has 0 aliphatic rings. The molecule has 1 rings (SSSR count). The zero-order valence-corrected chi connectivity index (χ0v) is 12.3. The fraction of sp³-hybridized carbons (Fsp3) is 0.571. The number of ether oxygens (including phenoxy) is 2. The van der Waals surface area contributed by atoms with Crippen LogP contribution in [-0.2, 0) is 6.54 Å². The first kappa shape index (κ1) is 15.2. The van der Waals surface area contributed by atoms with Crippen LogP contribution in [0.3, 0.4) is 0 Å². The van der Waals surface area contributed by atoms with Gasteiger partial charge in [0.1, 0.15) is 11.5 Å². The highest BCUT2D eigenvalue weighted by Gasteiger charge is 2.04. The van der Waals surface area contributed by atoms with Gasteiger partial charge in [-0.2, -0.15) is 11.8 Å². The lowest BCUT2D eigenvalue weighted by atomic mass is 10.2. The Balaban J connectivity index is 2.37. The summed E-state index contributed by atoms with van der Waals surface area (Å²) >= 11 is 1.99. The first-order chi connectivity index (χ1) is 8.81. The van der Waals surface area contributed by atoms with Gasteiger partial charge in [0.15, 0.2) is 0 Å². The molecule has 0 saturated heterocycles. The maximum Gasteiger partial charge on any atom is 0.127 e. The van der Waals surface area contributed by atoms with Gasteiger partial charge in [0.2, 0.25) is 0 Å². The molecule has 1 aromatic rings. The van der Waals surface area contributed by atoms with Gasteiger partial charge >= 0.3 is 0 Å². The number of benzene rings is 1. The quantitative estimate of drug-likeness (QED) is 0.698. The zero-order valence-electron chi connectivity index (χ0n) is 11.5. The number of nitrogens with one attached hydrogen (secondary N) is 1. The Bertz CT molecular complexity index is 345. The van der Waals surface area contributed by atoms with Crippen LogP contribution < -0.4 is 14.8 Å². The molecular weight excluding hydrogens is 246 g/mol. The average Bonchev–Trinajstić information content (AvgIpc) is 2.42. The van der Waals surface area contributed by atoms with E-state index in [1.807, 2.05) is 30.0 Å². The van der Waals surface area contributed by atoms with E-state index in [0.717, 1.165) is 24.6 Å². The molecule has 18 heavy (non-hydrogen) atoms. The lowest BCUT2D eigenvalue weighted by molar-refractivity contribution is 0.390. The largest absolute Gasteiger partial charge is 0.497 e. The van der Waals surface area contributed by atoms with E-state index >= 15 is 0 Å². The molecule has 0 amide bonds. The number of hydrogen-bond donors (Lipinski definition) is 1. The third-order valence-electron chi connectivity index (χ3n) is 2.66. The van der Waals surface area contributed by atoms with Crippen LogP contribution in [0.1, 0.15) is 18.9 Å². The Morgan fingerprint density at radius 1 is 1.22 bits per heavy atom. The summed E-state index contributed by atoms with van der Waals surface area (Å²) in [5.41, 5.74) is 1.17. The Morgan fingerprint density at radius 3 is 2.72 bits per heavy atom. The van der Waals surface area contributed by atoms with Crippen molar-refractivity contribution < 1.29 is 9.47 Å². The van der Waals surface area contributed by atoms with Crippen LogP contribution in [0.2, 0.25) is 0 Å². The van der Waals surface area contributed by atoms with Crippen molar-refractivity contribution in [1.29, 1.82) is 0 Å². The van der Waals surface area contributed by atoms with Crippen molar-refractivity contribution in [2.24, 2.45) is 0 Å². The van der Waals surface area contributed by atoms with E-state index in [-0.39, 0.29) is 0 Å². The summed E-state index contributed by atoms with van der Waals surface area (Å²) in [7, 11) is 3.36. The molecule has 1 aromatic carbocycles. The number of thioether (sulfide) groups is 1. The molecule has 0 aliphatic heterocycles. The summed E-state index contributed by atoms with van der Waals surface area (Å²) in [6, 6.07) is 5.93.